The van der Waals surface area contributed by atoms with Crippen LogP contribution in [0.5, 0.6) is 0 Å². The molecule has 1 aromatic carbocycles. The number of nitrogens with zero attached hydrogens (tertiary/aromatic N) is 3. The van der Waals surface area contributed by atoms with Crippen molar-refractivity contribution in [1.82, 2.24) is 15.1 Å². The summed E-state index contributed by atoms with van der Waals surface area (Å²) in [7, 11) is 0. The van der Waals surface area contributed by atoms with Gasteiger partial charge in [-0.25, -0.2) is 9.97 Å². The van der Waals surface area contributed by atoms with E-state index < -0.39 is 0 Å². The normalized spacial score (nSPS) is 14.2. The predicted octanol–water partition coefficient (Wildman–Crippen LogP) is 4.58. The number of para-hydroxylation sites is 1. The molecule has 0 unspecified atom stereocenters. The van der Waals surface area contributed by atoms with Gasteiger partial charge in [-0.2, -0.15) is 0 Å². The number of aryl methyl sites for hydroxylation is 2. The number of hydrogen-bond donors (Lipinski definition) is 1. The minimum atomic E-state index is -0.206. The molecule has 0 atom stereocenters. The quantitative estimate of drug-likeness (QED) is 0.575. The number of aromatic nitrogens is 3. The molecular formula is C19H16N4O2S. The molecule has 0 spiro atoms. The molecule has 3 aromatic heterocycles. The molecule has 0 aliphatic heterocycles. The Morgan fingerprint density at radius 3 is 2.88 bits per heavy atom. The van der Waals surface area contributed by atoms with Crippen molar-refractivity contribution in [3.8, 4) is 0 Å². The smallest absolute Gasteiger partial charge is 0.259 e. The Labute approximate surface area is 153 Å². The van der Waals surface area contributed by atoms with Gasteiger partial charge in [0.15, 0.2) is 5.13 Å². The van der Waals surface area contributed by atoms with Gasteiger partial charge in [-0.05, 0) is 44.4 Å². The van der Waals surface area contributed by atoms with Crippen LogP contribution in [0.15, 0.2) is 28.8 Å². The molecule has 3 heterocycles. The average Bonchev–Trinajstić information content (AvgIpc) is 3.30. The minimum absolute atomic E-state index is 0.206. The molecule has 0 bridgehead atoms. The second-order valence-electron chi connectivity index (χ2n) is 6.71. The first kappa shape index (κ1) is 15.5. The van der Waals surface area contributed by atoms with Crippen molar-refractivity contribution in [1.29, 1.82) is 0 Å². The molecule has 1 N–H and O–H groups in total. The zero-order valence-electron chi connectivity index (χ0n) is 14.4. The van der Waals surface area contributed by atoms with E-state index in [1.165, 1.54) is 11.3 Å². The molecule has 5 rings (SSSR count). The maximum absolute atomic E-state index is 13.0. The van der Waals surface area contributed by atoms with Crippen LogP contribution in [0.3, 0.4) is 0 Å². The number of thiazole rings is 1. The van der Waals surface area contributed by atoms with Crippen LogP contribution in [-0.2, 0) is 0 Å². The van der Waals surface area contributed by atoms with Crippen LogP contribution in [0.1, 0.15) is 46.1 Å². The fraction of sp³-hybridized carbons (Fsp3) is 0.263. The summed E-state index contributed by atoms with van der Waals surface area (Å²) in [4.78, 5) is 22.1. The molecule has 6 nitrogen and oxygen atoms in total. The number of rotatable bonds is 3. The van der Waals surface area contributed by atoms with Crippen molar-refractivity contribution in [2.24, 2.45) is 0 Å². The Kier molecular flexibility index (Phi) is 3.33. The summed E-state index contributed by atoms with van der Waals surface area (Å²) in [5, 5.41) is 8.18. The van der Waals surface area contributed by atoms with Crippen LogP contribution < -0.4 is 5.32 Å². The van der Waals surface area contributed by atoms with Crippen molar-refractivity contribution in [2.45, 2.75) is 32.6 Å². The zero-order chi connectivity index (χ0) is 17.8. The van der Waals surface area contributed by atoms with E-state index in [2.05, 4.69) is 20.4 Å². The van der Waals surface area contributed by atoms with Crippen molar-refractivity contribution < 1.29 is 9.32 Å². The van der Waals surface area contributed by atoms with Gasteiger partial charge in [-0.3, -0.25) is 10.1 Å². The Hall–Kier alpha value is -2.80. The molecule has 4 aromatic rings. The second kappa shape index (κ2) is 5.60. The van der Waals surface area contributed by atoms with Crippen LogP contribution in [-0.4, -0.2) is 21.0 Å². The Balaban J connectivity index is 1.56. The second-order valence-corrected chi connectivity index (χ2v) is 7.74. The standard InChI is InChI=1S/C19H16N4O2S/c1-9-4-3-5-14-16(9)21-19(26-14)22-17(24)12-8-13(11-6-7-11)20-18-15(12)10(2)23-25-18/h3-5,8,11H,6-7H2,1-2H3,(H,21,22,24). The lowest BCUT2D eigenvalue weighted by molar-refractivity contribution is 0.102. The highest BCUT2D eigenvalue weighted by molar-refractivity contribution is 7.22. The summed E-state index contributed by atoms with van der Waals surface area (Å²) >= 11 is 1.47. The molecule has 26 heavy (non-hydrogen) atoms. The van der Waals surface area contributed by atoms with E-state index in [-0.39, 0.29) is 5.91 Å². The first-order chi connectivity index (χ1) is 12.6. The first-order valence-electron chi connectivity index (χ1n) is 8.54. The van der Waals surface area contributed by atoms with Gasteiger partial charge in [0.1, 0.15) is 0 Å². The van der Waals surface area contributed by atoms with Crippen LogP contribution in [0, 0.1) is 13.8 Å². The third kappa shape index (κ3) is 2.47. The highest BCUT2D eigenvalue weighted by Gasteiger charge is 2.28. The van der Waals surface area contributed by atoms with Gasteiger partial charge in [0.05, 0.1) is 26.9 Å². The molecule has 0 radical (unpaired) electrons. The fourth-order valence-corrected chi connectivity index (χ4v) is 4.12. The predicted molar refractivity (Wildman–Crippen MR) is 101 cm³/mol. The van der Waals surface area contributed by atoms with Crippen LogP contribution in [0.4, 0.5) is 5.13 Å². The third-order valence-electron chi connectivity index (χ3n) is 4.72. The van der Waals surface area contributed by atoms with E-state index in [0.29, 0.717) is 33.4 Å². The number of benzene rings is 1. The topological polar surface area (TPSA) is 80.9 Å². The molecule has 1 aliphatic rings. The maximum atomic E-state index is 13.0. The zero-order valence-corrected chi connectivity index (χ0v) is 15.2. The number of amides is 1. The monoisotopic (exact) mass is 364 g/mol. The minimum Gasteiger partial charge on any atom is -0.336 e. The van der Waals surface area contributed by atoms with Gasteiger partial charge in [0.25, 0.3) is 11.6 Å². The lowest BCUT2D eigenvalue weighted by atomic mass is 10.1. The Bertz CT molecular complexity index is 1170. The molecule has 7 heteroatoms. The van der Waals surface area contributed by atoms with Gasteiger partial charge in [0.2, 0.25) is 0 Å². The van der Waals surface area contributed by atoms with E-state index in [1.54, 1.807) is 0 Å². The average molecular weight is 364 g/mol. The van der Waals surface area contributed by atoms with Gasteiger partial charge < -0.3 is 4.52 Å². The van der Waals surface area contributed by atoms with E-state index in [0.717, 1.165) is 34.3 Å². The van der Waals surface area contributed by atoms with E-state index >= 15 is 0 Å². The van der Waals surface area contributed by atoms with E-state index in [1.807, 2.05) is 38.1 Å². The van der Waals surface area contributed by atoms with Crippen molar-refractivity contribution in [3.63, 3.8) is 0 Å². The van der Waals surface area contributed by atoms with Gasteiger partial charge in [-0.1, -0.05) is 28.6 Å². The molecule has 0 saturated heterocycles. The number of pyridine rings is 1. The van der Waals surface area contributed by atoms with Crippen LogP contribution in [0.25, 0.3) is 21.3 Å². The first-order valence-corrected chi connectivity index (χ1v) is 9.36. The molecular weight excluding hydrogens is 348 g/mol. The lowest BCUT2D eigenvalue weighted by Gasteiger charge is -2.05. The van der Waals surface area contributed by atoms with Gasteiger partial charge in [-0.15, -0.1) is 0 Å². The number of hydrogen-bond acceptors (Lipinski definition) is 6. The molecule has 1 amide bonds. The van der Waals surface area contributed by atoms with Crippen LogP contribution >= 0.6 is 11.3 Å². The number of anilines is 1. The van der Waals surface area contributed by atoms with Crippen LogP contribution in [0.2, 0.25) is 0 Å². The fourth-order valence-electron chi connectivity index (χ4n) is 3.19. The number of carbonyl (C=O) groups is 1. The van der Waals surface area contributed by atoms with Crippen molar-refractivity contribution in [2.75, 3.05) is 5.32 Å². The summed E-state index contributed by atoms with van der Waals surface area (Å²) in [6, 6.07) is 7.90. The number of carbonyl (C=O) groups excluding carboxylic acids is 1. The highest BCUT2D eigenvalue weighted by atomic mass is 32.1. The summed E-state index contributed by atoms with van der Waals surface area (Å²) in [6.45, 7) is 3.84. The van der Waals surface area contributed by atoms with Gasteiger partial charge >= 0.3 is 0 Å². The van der Waals surface area contributed by atoms with Crippen molar-refractivity contribution >= 4 is 43.7 Å². The van der Waals surface area contributed by atoms with E-state index in [4.69, 9.17) is 4.52 Å². The Morgan fingerprint density at radius 1 is 1.27 bits per heavy atom. The largest absolute Gasteiger partial charge is 0.336 e. The SMILES string of the molecule is Cc1cccc2sc(NC(=O)c3cc(C4CC4)nc4onc(C)c34)nc12. The molecule has 1 fully saturated rings. The number of fused-ring (bicyclic) bond motifs is 2. The molecule has 130 valence electrons. The summed E-state index contributed by atoms with van der Waals surface area (Å²) in [6.07, 6.45) is 2.20. The maximum Gasteiger partial charge on any atom is 0.259 e. The summed E-state index contributed by atoms with van der Waals surface area (Å²) in [5.74, 6) is 0.212. The third-order valence-corrected chi connectivity index (χ3v) is 5.65. The number of nitrogens with one attached hydrogen (secondary N) is 1. The van der Waals surface area contributed by atoms with Crippen molar-refractivity contribution in [3.05, 3.63) is 46.8 Å². The molecule has 1 saturated carbocycles. The highest BCUT2D eigenvalue weighted by Crippen LogP contribution is 2.40. The summed E-state index contributed by atoms with van der Waals surface area (Å²) in [5.41, 5.74) is 4.56. The van der Waals surface area contributed by atoms with Gasteiger partial charge in [0, 0.05) is 11.6 Å². The lowest BCUT2D eigenvalue weighted by Crippen LogP contribution is -2.13. The Morgan fingerprint density at radius 2 is 2.12 bits per heavy atom. The van der Waals surface area contributed by atoms with E-state index in [9.17, 15) is 4.79 Å². The summed E-state index contributed by atoms with van der Waals surface area (Å²) < 4.78 is 6.37. The molecule has 1 aliphatic carbocycles.